The number of nitrogens with one attached hydrogen (secondary N) is 2. The van der Waals surface area contributed by atoms with Crippen molar-refractivity contribution in [2.45, 2.75) is 12.5 Å². The molecule has 0 aromatic carbocycles. The molecule has 10 nitrogen and oxygen atoms in total. The zero-order valence-electron chi connectivity index (χ0n) is 10.8. The summed E-state index contributed by atoms with van der Waals surface area (Å²) >= 11 is 0. The van der Waals surface area contributed by atoms with Crippen molar-refractivity contribution >= 4 is 24.7 Å². The fourth-order valence-corrected chi connectivity index (χ4v) is 2.05. The van der Waals surface area contributed by atoms with E-state index in [9.17, 15) is 9.36 Å². The van der Waals surface area contributed by atoms with Crippen LogP contribution < -0.4 is 11.3 Å². The monoisotopic (exact) mass is 315 g/mol. The number of nitrogen functional groups attached to an aromatic ring is 1. The quantitative estimate of drug-likeness (QED) is 0.350. The summed E-state index contributed by atoms with van der Waals surface area (Å²) in [5.41, 5.74) is 5.27. The average molecular weight is 315 g/mol. The zero-order valence-corrected chi connectivity index (χ0v) is 11.7. The van der Waals surface area contributed by atoms with Gasteiger partial charge in [-0.2, -0.15) is 4.98 Å². The van der Waals surface area contributed by atoms with Crippen molar-refractivity contribution in [3.05, 3.63) is 28.8 Å². The number of nitrogens with two attached hydrogens (primary N) is 1. The third-order valence-corrected chi connectivity index (χ3v) is 3.03. The van der Waals surface area contributed by atoms with Gasteiger partial charge in [-0.3, -0.25) is 14.3 Å². The lowest BCUT2D eigenvalue weighted by molar-refractivity contribution is 0.107. The molecule has 0 saturated heterocycles. The summed E-state index contributed by atoms with van der Waals surface area (Å²) < 4.78 is 15.8. The van der Waals surface area contributed by atoms with Gasteiger partial charge in [-0.1, -0.05) is 6.08 Å². The molecule has 2 rings (SSSR count). The van der Waals surface area contributed by atoms with Crippen LogP contribution in [0.25, 0.3) is 11.2 Å². The second kappa shape index (κ2) is 5.78. The molecule has 0 spiro atoms. The predicted molar refractivity (Wildman–Crippen MR) is 74.6 cm³/mol. The smallest absolute Gasteiger partial charge is 0.351 e. The van der Waals surface area contributed by atoms with E-state index in [0.717, 1.165) is 0 Å². The maximum atomic E-state index is 11.6. The van der Waals surface area contributed by atoms with Crippen LogP contribution in [0.5, 0.6) is 0 Å². The fourth-order valence-electron chi connectivity index (χ4n) is 1.66. The molecule has 1 unspecified atom stereocenters. The molecular weight excluding hydrogens is 301 g/mol. The molecule has 0 radical (unpaired) electrons. The van der Waals surface area contributed by atoms with E-state index in [1.165, 1.54) is 6.08 Å². The van der Waals surface area contributed by atoms with Crippen LogP contribution in [0.2, 0.25) is 0 Å². The van der Waals surface area contributed by atoms with Gasteiger partial charge in [0.2, 0.25) is 5.95 Å². The highest BCUT2D eigenvalue weighted by atomic mass is 31.2. The van der Waals surface area contributed by atoms with Gasteiger partial charge < -0.3 is 25.2 Å². The number of ether oxygens (including phenoxy) is 1. The summed E-state index contributed by atoms with van der Waals surface area (Å²) in [6, 6.07) is 0. The van der Waals surface area contributed by atoms with E-state index in [1.54, 1.807) is 0 Å². The lowest BCUT2D eigenvalue weighted by atomic mass is 10.2. The first-order valence-corrected chi connectivity index (χ1v) is 7.61. The molecule has 0 amide bonds. The first kappa shape index (κ1) is 15.4. The fraction of sp³-hybridized carbons (Fsp3) is 0.300. The second-order valence-corrected chi connectivity index (χ2v) is 5.86. The minimum absolute atomic E-state index is 0.0522. The number of H-pyrrole nitrogens is 2. The number of fused-ring (bicyclic) bond motifs is 1. The van der Waals surface area contributed by atoms with Gasteiger partial charge in [-0.15, -0.1) is 6.58 Å². The highest BCUT2D eigenvalue weighted by Gasteiger charge is 2.18. The normalized spacial score (nSPS) is 13.4. The van der Waals surface area contributed by atoms with Crippen molar-refractivity contribution < 1.29 is 19.1 Å². The van der Waals surface area contributed by atoms with Gasteiger partial charge >= 0.3 is 7.60 Å². The Labute approximate surface area is 118 Å². The van der Waals surface area contributed by atoms with Gasteiger partial charge in [0.25, 0.3) is 5.56 Å². The van der Waals surface area contributed by atoms with Crippen molar-refractivity contribution in [3.8, 4) is 0 Å². The van der Waals surface area contributed by atoms with E-state index in [-0.39, 0.29) is 23.5 Å². The number of aromatic amines is 2. The Hall–Kier alpha value is -2.00. The van der Waals surface area contributed by atoms with Gasteiger partial charge in [0.1, 0.15) is 12.2 Å². The molecular formula is C10H14N5O5P. The second-order valence-electron chi connectivity index (χ2n) is 4.27. The zero-order chi connectivity index (χ0) is 15.6. The molecule has 6 N–H and O–H groups in total. The summed E-state index contributed by atoms with van der Waals surface area (Å²) in [4.78, 5) is 42.2. The largest absolute Gasteiger partial charge is 0.369 e. The highest BCUT2D eigenvalue weighted by molar-refractivity contribution is 7.51. The Balaban J connectivity index is 2.18. The van der Waals surface area contributed by atoms with Crippen molar-refractivity contribution in [1.82, 2.24) is 19.9 Å². The number of imidazole rings is 1. The van der Waals surface area contributed by atoms with E-state index in [2.05, 4.69) is 26.5 Å². The number of hydrogen-bond donors (Lipinski definition) is 5. The molecule has 2 aromatic rings. The van der Waals surface area contributed by atoms with Crippen molar-refractivity contribution in [1.29, 1.82) is 0 Å². The van der Waals surface area contributed by atoms with Gasteiger partial charge in [-0.25, -0.2) is 4.98 Å². The molecule has 2 heterocycles. The molecule has 0 aliphatic carbocycles. The first-order valence-electron chi connectivity index (χ1n) is 5.81. The van der Waals surface area contributed by atoms with Crippen molar-refractivity contribution in [2.24, 2.45) is 0 Å². The van der Waals surface area contributed by atoms with E-state index in [4.69, 9.17) is 20.3 Å². The number of aromatic nitrogens is 4. The van der Waals surface area contributed by atoms with E-state index < -0.39 is 25.6 Å². The molecule has 0 fully saturated rings. The Bertz CT molecular complexity index is 763. The summed E-state index contributed by atoms with van der Waals surface area (Å²) in [5.74, 6) is 0.313. The molecule has 2 aromatic heterocycles. The maximum absolute atomic E-state index is 11.6. The summed E-state index contributed by atoms with van der Waals surface area (Å²) in [6.45, 7) is 3.52. The molecule has 1 atom stereocenters. The average Bonchev–Trinajstić information content (AvgIpc) is 2.76. The Morgan fingerprint density at radius 3 is 2.76 bits per heavy atom. The predicted octanol–water partition coefficient (Wildman–Crippen LogP) is -0.523. The lowest BCUT2D eigenvalue weighted by Gasteiger charge is -2.12. The van der Waals surface area contributed by atoms with Crippen molar-refractivity contribution in [2.75, 3.05) is 12.1 Å². The first-order chi connectivity index (χ1) is 9.78. The van der Waals surface area contributed by atoms with Crippen LogP contribution in [-0.2, 0) is 15.7 Å². The van der Waals surface area contributed by atoms with Gasteiger partial charge in [-0.05, 0) is 0 Å². The van der Waals surface area contributed by atoms with Gasteiger partial charge in [0, 0.05) is 6.42 Å². The molecule has 114 valence electrons. The number of anilines is 1. The third-order valence-electron chi connectivity index (χ3n) is 2.54. The summed E-state index contributed by atoms with van der Waals surface area (Å²) in [5, 5.41) is 0. The molecule has 0 aliphatic heterocycles. The molecule has 0 bridgehead atoms. The van der Waals surface area contributed by atoms with E-state index in [0.29, 0.717) is 5.82 Å². The SMILES string of the molecule is C=CC(Cc1nc2nc(N)[nH]c(=O)c2[nH]1)OCP(=O)(O)O. The number of nitrogens with zero attached hydrogens (tertiary/aromatic N) is 2. The molecule has 11 heteroatoms. The van der Waals surface area contributed by atoms with E-state index >= 15 is 0 Å². The van der Waals surface area contributed by atoms with Crippen LogP contribution in [0.3, 0.4) is 0 Å². The van der Waals surface area contributed by atoms with E-state index in [1.807, 2.05) is 0 Å². The van der Waals surface area contributed by atoms with Crippen LogP contribution in [-0.4, -0.2) is 42.2 Å². The summed E-state index contributed by atoms with van der Waals surface area (Å²) in [6.07, 6.45) is 0.138. The Kier molecular flexibility index (Phi) is 4.24. The van der Waals surface area contributed by atoms with Crippen LogP contribution in [0.15, 0.2) is 17.4 Å². The lowest BCUT2D eigenvalue weighted by Crippen LogP contribution is -2.15. The Morgan fingerprint density at radius 2 is 2.14 bits per heavy atom. The number of rotatable bonds is 6. The highest BCUT2D eigenvalue weighted by Crippen LogP contribution is 2.34. The standard InChI is InChI=1S/C10H14N5O5P/c1-2-5(20-4-21(17,18)19)3-6-12-7-8(13-6)14-10(11)15-9(7)16/h2,5H,1,3-4H2,(H2,17,18,19)(H4,11,12,13,14,15,16). The molecule has 0 aliphatic rings. The molecule has 0 saturated carbocycles. The minimum Gasteiger partial charge on any atom is -0.369 e. The third kappa shape index (κ3) is 3.99. The summed E-state index contributed by atoms with van der Waals surface area (Å²) in [7, 11) is -4.26. The van der Waals surface area contributed by atoms with Crippen LogP contribution in [0.1, 0.15) is 5.82 Å². The van der Waals surface area contributed by atoms with Crippen LogP contribution in [0.4, 0.5) is 5.95 Å². The Morgan fingerprint density at radius 1 is 1.43 bits per heavy atom. The molecule has 21 heavy (non-hydrogen) atoms. The minimum atomic E-state index is -4.26. The topological polar surface area (TPSA) is 167 Å². The van der Waals surface area contributed by atoms with Gasteiger partial charge in [0.15, 0.2) is 11.2 Å². The maximum Gasteiger partial charge on any atom is 0.351 e. The van der Waals surface area contributed by atoms with Crippen LogP contribution >= 0.6 is 7.60 Å². The van der Waals surface area contributed by atoms with Crippen molar-refractivity contribution in [3.63, 3.8) is 0 Å². The van der Waals surface area contributed by atoms with Crippen LogP contribution in [0, 0.1) is 0 Å². The van der Waals surface area contributed by atoms with Gasteiger partial charge in [0.05, 0.1) is 6.10 Å². The number of hydrogen-bond acceptors (Lipinski definition) is 6.